The molecule has 11 rings (SSSR count). The number of nitrogens with zero attached hydrogens (tertiary/aromatic N) is 3. The van der Waals surface area contributed by atoms with Gasteiger partial charge in [-0.05, 0) is 48.0 Å². The Bertz CT molecular complexity index is 3160. The van der Waals surface area contributed by atoms with Crippen molar-refractivity contribution < 1.29 is 4.42 Å². The maximum Gasteiger partial charge on any atom is 0.164 e. The van der Waals surface area contributed by atoms with Crippen molar-refractivity contribution >= 4 is 85.0 Å². The fourth-order valence-electron chi connectivity index (χ4n) is 7.27. The van der Waals surface area contributed by atoms with Gasteiger partial charge in [0.15, 0.2) is 17.5 Å². The van der Waals surface area contributed by atoms with Gasteiger partial charge in [-0.3, -0.25) is 0 Å². The van der Waals surface area contributed by atoms with Gasteiger partial charge in [-0.2, -0.15) is 0 Å². The number of furan rings is 1. The number of para-hydroxylation sites is 2. The molecule has 4 aromatic heterocycles. The largest absolute Gasteiger partial charge is 0.455 e. The molecule has 0 fully saturated rings. The highest BCUT2D eigenvalue weighted by atomic mass is 32.1. The van der Waals surface area contributed by atoms with Crippen LogP contribution in [0.2, 0.25) is 0 Å². The maximum absolute atomic E-state index is 6.38. The number of hydrogen-bond acceptors (Lipinski definition) is 6. The third kappa shape index (κ3) is 4.61. The second kappa shape index (κ2) is 11.2. The normalized spacial score (nSPS) is 11.9. The zero-order valence-corrected chi connectivity index (χ0v) is 28.6. The SMILES string of the molecule is c1ccc(-c2nc(-c3ccc4c(c3)sc3ccccc34)nc(-c3ccc4sc5cc(-c6cccc7c6oc6ccccc67)ccc5c4c3)n2)cc1. The molecule has 4 heterocycles. The molecule has 0 aliphatic carbocycles. The Kier molecular flexibility index (Phi) is 6.26. The number of benzene rings is 7. The molecule has 7 aromatic carbocycles. The van der Waals surface area contributed by atoms with Crippen LogP contribution in [0.5, 0.6) is 0 Å². The average molecular weight is 688 g/mol. The number of rotatable bonds is 4. The van der Waals surface area contributed by atoms with Crippen molar-refractivity contribution in [3.05, 3.63) is 152 Å². The molecule has 0 atom stereocenters. The maximum atomic E-state index is 6.38. The average Bonchev–Trinajstić information content (AvgIpc) is 3.88. The van der Waals surface area contributed by atoms with Crippen LogP contribution < -0.4 is 0 Å². The smallest absolute Gasteiger partial charge is 0.164 e. The van der Waals surface area contributed by atoms with E-state index in [0.29, 0.717) is 17.5 Å². The van der Waals surface area contributed by atoms with Crippen LogP contribution in [0, 0.1) is 0 Å². The second-order valence-electron chi connectivity index (χ2n) is 12.8. The van der Waals surface area contributed by atoms with Crippen molar-refractivity contribution in [2.24, 2.45) is 0 Å². The van der Waals surface area contributed by atoms with Crippen LogP contribution in [0.4, 0.5) is 0 Å². The first-order chi connectivity index (χ1) is 25.2. The Morgan fingerprint density at radius 3 is 1.75 bits per heavy atom. The third-order valence-corrected chi connectivity index (χ3v) is 12.0. The molecule has 4 nitrogen and oxygen atoms in total. The highest BCUT2D eigenvalue weighted by molar-refractivity contribution is 7.26. The van der Waals surface area contributed by atoms with Gasteiger partial charge in [0, 0.05) is 73.4 Å². The van der Waals surface area contributed by atoms with Crippen molar-refractivity contribution in [3.8, 4) is 45.3 Å². The molecule has 11 aromatic rings. The molecule has 0 saturated heterocycles. The van der Waals surface area contributed by atoms with E-state index in [1.165, 1.54) is 40.3 Å². The molecule has 0 unspecified atom stereocenters. The van der Waals surface area contributed by atoms with E-state index in [4.69, 9.17) is 19.4 Å². The molecule has 0 radical (unpaired) electrons. The highest BCUT2D eigenvalue weighted by Crippen LogP contribution is 2.41. The molecule has 0 aliphatic rings. The van der Waals surface area contributed by atoms with Crippen molar-refractivity contribution in [3.63, 3.8) is 0 Å². The van der Waals surface area contributed by atoms with Gasteiger partial charge in [0.25, 0.3) is 0 Å². The lowest BCUT2D eigenvalue weighted by atomic mass is 10.0. The zero-order valence-electron chi connectivity index (χ0n) is 27.0. The van der Waals surface area contributed by atoms with Gasteiger partial charge in [-0.1, -0.05) is 109 Å². The Hall–Kier alpha value is -6.21. The molecular weight excluding hydrogens is 663 g/mol. The van der Waals surface area contributed by atoms with Gasteiger partial charge in [0.2, 0.25) is 0 Å². The zero-order chi connectivity index (χ0) is 33.5. The van der Waals surface area contributed by atoms with E-state index in [-0.39, 0.29) is 0 Å². The Balaban J connectivity index is 1.04. The Labute approximate surface area is 299 Å². The van der Waals surface area contributed by atoms with E-state index >= 15 is 0 Å². The van der Waals surface area contributed by atoms with Crippen LogP contribution >= 0.6 is 22.7 Å². The Morgan fingerprint density at radius 1 is 0.353 bits per heavy atom. The van der Waals surface area contributed by atoms with Crippen LogP contribution in [0.25, 0.3) is 108 Å². The summed E-state index contributed by atoms with van der Waals surface area (Å²) in [6.07, 6.45) is 0. The summed E-state index contributed by atoms with van der Waals surface area (Å²) in [5, 5.41) is 7.22. The summed E-state index contributed by atoms with van der Waals surface area (Å²) in [6, 6.07) is 53.2. The van der Waals surface area contributed by atoms with Crippen molar-refractivity contribution in [1.82, 2.24) is 15.0 Å². The number of thiophene rings is 2. The minimum Gasteiger partial charge on any atom is -0.455 e. The van der Waals surface area contributed by atoms with E-state index in [0.717, 1.165) is 49.8 Å². The van der Waals surface area contributed by atoms with E-state index in [1.54, 1.807) is 22.7 Å². The quantitative estimate of drug-likeness (QED) is 0.185. The van der Waals surface area contributed by atoms with Gasteiger partial charge in [-0.15, -0.1) is 22.7 Å². The van der Waals surface area contributed by atoms with Crippen molar-refractivity contribution in [2.75, 3.05) is 0 Å². The molecule has 0 saturated carbocycles. The van der Waals surface area contributed by atoms with E-state index in [2.05, 4.69) is 121 Å². The van der Waals surface area contributed by atoms with Gasteiger partial charge >= 0.3 is 0 Å². The first-order valence-electron chi connectivity index (χ1n) is 16.8. The standard InChI is InChI=1S/C45H25N3OS2/c1-2-9-26(10-3-1)43-46-44(48-45(47-43)29-18-21-33-32-12-5-7-16-38(32)50-41(33)25-29)28-19-22-39-36(23-28)34-20-17-27(24-40(34)51-39)30-13-8-14-35-31-11-4-6-15-37(31)49-42(30)35/h1-25H. The van der Waals surface area contributed by atoms with Gasteiger partial charge in [0.05, 0.1) is 0 Å². The van der Waals surface area contributed by atoms with E-state index in [1.807, 2.05) is 30.3 Å². The molecular formula is C45H25N3OS2. The van der Waals surface area contributed by atoms with E-state index in [9.17, 15) is 0 Å². The summed E-state index contributed by atoms with van der Waals surface area (Å²) in [4.78, 5) is 15.2. The van der Waals surface area contributed by atoms with Crippen molar-refractivity contribution in [2.45, 2.75) is 0 Å². The lowest BCUT2D eigenvalue weighted by Crippen LogP contribution is -2.00. The van der Waals surface area contributed by atoms with Crippen LogP contribution in [0.15, 0.2) is 156 Å². The number of hydrogen-bond donors (Lipinski definition) is 0. The highest BCUT2D eigenvalue weighted by Gasteiger charge is 2.17. The summed E-state index contributed by atoms with van der Waals surface area (Å²) >= 11 is 3.61. The topological polar surface area (TPSA) is 51.8 Å². The van der Waals surface area contributed by atoms with Gasteiger partial charge < -0.3 is 4.42 Å². The predicted octanol–water partition coefficient (Wildman–Crippen LogP) is 13.2. The molecule has 0 amide bonds. The molecule has 0 N–H and O–H groups in total. The van der Waals surface area contributed by atoms with Crippen LogP contribution in [-0.2, 0) is 0 Å². The molecule has 0 aliphatic heterocycles. The first kappa shape index (κ1) is 28.6. The van der Waals surface area contributed by atoms with Crippen LogP contribution in [-0.4, -0.2) is 15.0 Å². The van der Waals surface area contributed by atoms with Gasteiger partial charge in [0.1, 0.15) is 11.2 Å². The molecule has 0 bridgehead atoms. The summed E-state index contributed by atoms with van der Waals surface area (Å²) in [7, 11) is 0. The molecule has 51 heavy (non-hydrogen) atoms. The summed E-state index contributed by atoms with van der Waals surface area (Å²) in [5.41, 5.74) is 6.97. The fraction of sp³-hybridized carbons (Fsp3) is 0. The van der Waals surface area contributed by atoms with E-state index < -0.39 is 0 Å². The fourth-order valence-corrected chi connectivity index (χ4v) is 9.54. The monoisotopic (exact) mass is 687 g/mol. The third-order valence-electron chi connectivity index (χ3n) is 9.75. The molecule has 238 valence electrons. The van der Waals surface area contributed by atoms with Crippen LogP contribution in [0.1, 0.15) is 0 Å². The minimum absolute atomic E-state index is 0.657. The van der Waals surface area contributed by atoms with Crippen LogP contribution in [0.3, 0.4) is 0 Å². The summed E-state index contributed by atoms with van der Waals surface area (Å²) in [6.45, 7) is 0. The molecule has 0 spiro atoms. The number of aromatic nitrogens is 3. The lowest BCUT2D eigenvalue weighted by molar-refractivity contribution is 0.670. The second-order valence-corrected chi connectivity index (χ2v) is 15.0. The van der Waals surface area contributed by atoms with Crippen molar-refractivity contribution in [1.29, 1.82) is 0 Å². The first-order valence-corrected chi connectivity index (χ1v) is 18.5. The summed E-state index contributed by atoms with van der Waals surface area (Å²) in [5.74, 6) is 1.98. The number of fused-ring (bicyclic) bond motifs is 9. The molecule has 6 heteroatoms. The van der Waals surface area contributed by atoms with Gasteiger partial charge in [-0.25, -0.2) is 15.0 Å². The Morgan fingerprint density at radius 2 is 0.922 bits per heavy atom. The summed E-state index contributed by atoms with van der Waals surface area (Å²) < 4.78 is 11.3. The lowest BCUT2D eigenvalue weighted by Gasteiger charge is -2.09. The minimum atomic E-state index is 0.657. The predicted molar refractivity (Wildman–Crippen MR) is 215 cm³/mol.